The molecular weight excluding hydrogens is 250 g/mol. The number of anilines is 1. The van der Waals surface area contributed by atoms with Crippen LogP contribution in [0.15, 0.2) is 42.5 Å². The molecule has 104 valence electrons. The number of ether oxygens (including phenoxy) is 2. The van der Waals surface area contributed by atoms with Crippen molar-refractivity contribution < 1.29 is 9.47 Å². The molecule has 1 N–H and O–H groups in total. The number of aryl methyl sites for hydroxylation is 1. The van der Waals surface area contributed by atoms with Crippen LogP contribution in [0.25, 0.3) is 0 Å². The lowest BCUT2D eigenvalue weighted by molar-refractivity contribution is 0.296. The highest BCUT2D eigenvalue weighted by Gasteiger charge is 2.14. The Hall–Kier alpha value is -2.16. The summed E-state index contributed by atoms with van der Waals surface area (Å²) in [5.41, 5.74) is 3.53. The number of para-hydroxylation sites is 2. The molecule has 0 saturated carbocycles. The van der Waals surface area contributed by atoms with Gasteiger partial charge in [-0.15, -0.1) is 0 Å². The highest BCUT2D eigenvalue weighted by Crippen LogP contribution is 2.33. The first-order valence-electron chi connectivity index (χ1n) is 7.01. The van der Waals surface area contributed by atoms with E-state index in [2.05, 4.69) is 30.4 Å². The van der Waals surface area contributed by atoms with E-state index in [0.29, 0.717) is 6.61 Å². The van der Waals surface area contributed by atoms with Crippen molar-refractivity contribution in [3.8, 4) is 11.5 Å². The normalized spacial score (nSPS) is 13.7. The molecule has 0 radical (unpaired) electrons. The van der Waals surface area contributed by atoms with E-state index in [0.717, 1.165) is 42.3 Å². The maximum atomic E-state index is 5.83. The molecule has 1 heterocycles. The summed E-state index contributed by atoms with van der Waals surface area (Å²) in [6.07, 6.45) is 0.930. The SMILES string of the molecule is Cc1ccccc1NCc1cccc2c1OCCCO2. The molecule has 1 aliphatic heterocycles. The van der Waals surface area contributed by atoms with E-state index in [1.807, 2.05) is 24.3 Å². The van der Waals surface area contributed by atoms with Gasteiger partial charge < -0.3 is 14.8 Å². The molecule has 2 aromatic rings. The van der Waals surface area contributed by atoms with Gasteiger partial charge in [-0.1, -0.05) is 30.3 Å². The van der Waals surface area contributed by atoms with Crippen LogP contribution in [-0.4, -0.2) is 13.2 Å². The standard InChI is InChI=1S/C17H19NO2/c1-13-6-2-3-8-15(13)18-12-14-7-4-9-16-17(14)20-11-5-10-19-16/h2-4,6-9,18H,5,10-12H2,1H3. The number of rotatable bonds is 3. The van der Waals surface area contributed by atoms with Gasteiger partial charge in [-0.2, -0.15) is 0 Å². The largest absolute Gasteiger partial charge is 0.490 e. The Kier molecular flexibility index (Phi) is 3.77. The van der Waals surface area contributed by atoms with Gasteiger partial charge in [0.15, 0.2) is 11.5 Å². The average Bonchev–Trinajstić information content (AvgIpc) is 2.72. The third-order valence-corrected chi connectivity index (χ3v) is 3.47. The molecule has 3 rings (SSSR count). The predicted octanol–water partition coefficient (Wildman–Crippen LogP) is 3.77. The molecule has 3 heteroatoms. The fraction of sp³-hybridized carbons (Fsp3) is 0.294. The quantitative estimate of drug-likeness (QED) is 0.920. The zero-order valence-corrected chi connectivity index (χ0v) is 11.7. The van der Waals surface area contributed by atoms with Crippen molar-refractivity contribution in [3.63, 3.8) is 0 Å². The topological polar surface area (TPSA) is 30.5 Å². The van der Waals surface area contributed by atoms with Crippen molar-refractivity contribution in [1.29, 1.82) is 0 Å². The third kappa shape index (κ3) is 2.72. The highest BCUT2D eigenvalue weighted by atomic mass is 16.5. The minimum absolute atomic E-state index is 0.717. The zero-order valence-electron chi connectivity index (χ0n) is 11.7. The predicted molar refractivity (Wildman–Crippen MR) is 80.6 cm³/mol. The van der Waals surface area contributed by atoms with E-state index in [9.17, 15) is 0 Å². The summed E-state index contributed by atoms with van der Waals surface area (Å²) in [4.78, 5) is 0. The number of benzene rings is 2. The monoisotopic (exact) mass is 269 g/mol. The fourth-order valence-corrected chi connectivity index (χ4v) is 2.35. The summed E-state index contributed by atoms with van der Waals surface area (Å²) in [6.45, 7) is 4.28. The van der Waals surface area contributed by atoms with Gasteiger partial charge in [0.05, 0.1) is 13.2 Å². The van der Waals surface area contributed by atoms with Crippen LogP contribution in [0.1, 0.15) is 17.5 Å². The molecule has 0 atom stereocenters. The first kappa shape index (κ1) is 12.9. The van der Waals surface area contributed by atoms with Crippen molar-refractivity contribution in [2.75, 3.05) is 18.5 Å². The highest BCUT2D eigenvalue weighted by molar-refractivity contribution is 5.53. The summed E-state index contributed by atoms with van der Waals surface area (Å²) >= 11 is 0. The molecular formula is C17H19NO2. The van der Waals surface area contributed by atoms with E-state index >= 15 is 0 Å². The fourth-order valence-electron chi connectivity index (χ4n) is 2.35. The second-order valence-corrected chi connectivity index (χ2v) is 4.96. The van der Waals surface area contributed by atoms with Crippen LogP contribution in [0.5, 0.6) is 11.5 Å². The van der Waals surface area contributed by atoms with Gasteiger partial charge in [-0.05, 0) is 24.6 Å². The van der Waals surface area contributed by atoms with Crippen LogP contribution in [0.2, 0.25) is 0 Å². The Labute approximate surface area is 119 Å². The molecule has 2 aromatic carbocycles. The van der Waals surface area contributed by atoms with Crippen LogP contribution < -0.4 is 14.8 Å². The van der Waals surface area contributed by atoms with Gasteiger partial charge >= 0.3 is 0 Å². The van der Waals surface area contributed by atoms with Crippen molar-refractivity contribution in [1.82, 2.24) is 0 Å². The molecule has 3 nitrogen and oxygen atoms in total. The summed E-state index contributed by atoms with van der Waals surface area (Å²) in [6, 6.07) is 14.4. The molecule has 0 amide bonds. The summed E-state index contributed by atoms with van der Waals surface area (Å²) < 4.78 is 11.5. The molecule has 0 fully saturated rings. The van der Waals surface area contributed by atoms with Crippen molar-refractivity contribution in [2.24, 2.45) is 0 Å². The Morgan fingerprint density at radius 3 is 2.75 bits per heavy atom. The molecule has 0 saturated heterocycles. The van der Waals surface area contributed by atoms with E-state index in [4.69, 9.17) is 9.47 Å². The number of hydrogen-bond donors (Lipinski definition) is 1. The minimum atomic E-state index is 0.717. The van der Waals surface area contributed by atoms with Gasteiger partial charge in [0.1, 0.15) is 0 Å². The Bertz CT molecular complexity index is 595. The summed E-state index contributed by atoms with van der Waals surface area (Å²) in [5, 5.41) is 3.46. The van der Waals surface area contributed by atoms with Gasteiger partial charge in [-0.3, -0.25) is 0 Å². The van der Waals surface area contributed by atoms with Crippen LogP contribution in [0, 0.1) is 6.92 Å². The smallest absolute Gasteiger partial charge is 0.166 e. The average molecular weight is 269 g/mol. The lowest BCUT2D eigenvalue weighted by Gasteiger charge is -2.14. The van der Waals surface area contributed by atoms with Crippen molar-refractivity contribution in [3.05, 3.63) is 53.6 Å². The van der Waals surface area contributed by atoms with Crippen molar-refractivity contribution >= 4 is 5.69 Å². The molecule has 1 aliphatic rings. The first-order chi connectivity index (χ1) is 9.84. The molecule has 0 unspecified atom stereocenters. The second-order valence-electron chi connectivity index (χ2n) is 4.96. The van der Waals surface area contributed by atoms with Crippen LogP contribution in [-0.2, 0) is 6.54 Å². The first-order valence-corrected chi connectivity index (χ1v) is 7.01. The zero-order chi connectivity index (χ0) is 13.8. The van der Waals surface area contributed by atoms with Gasteiger partial charge in [0.25, 0.3) is 0 Å². The van der Waals surface area contributed by atoms with Crippen LogP contribution >= 0.6 is 0 Å². The van der Waals surface area contributed by atoms with E-state index in [1.165, 1.54) is 5.56 Å². The molecule has 0 bridgehead atoms. The number of nitrogens with one attached hydrogen (secondary N) is 1. The third-order valence-electron chi connectivity index (χ3n) is 3.47. The summed E-state index contributed by atoms with van der Waals surface area (Å²) in [7, 11) is 0. The van der Waals surface area contributed by atoms with Crippen LogP contribution in [0.3, 0.4) is 0 Å². The van der Waals surface area contributed by atoms with Crippen LogP contribution in [0.4, 0.5) is 5.69 Å². The Balaban J connectivity index is 1.80. The number of hydrogen-bond acceptors (Lipinski definition) is 3. The van der Waals surface area contributed by atoms with Crippen molar-refractivity contribution in [2.45, 2.75) is 19.9 Å². The minimum Gasteiger partial charge on any atom is -0.490 e. The van der Waals surface area contributed by atoms with Gasteiger partial charge in [-0.25, -0.2) is 0 Å². The maximum Gasteiger partial charge on any atom is 0.166 e. The Morgan fingerprint density at radius 2 is 1.85 bits per heavy atom. The van der Waals surface area contributed by atoms with E-state index in [1.54, 1.807) is 0 Å². The number of fused-ring (bicyclic) bond motifs is 1. The van der Waals surface area contributed by atoms with Gasteiger partial charge in [0.2, 0.25) is 0 Å². The van der Waals surface area contributed by atoms with Gasteiger partial charge in [0, 0.05) is 24.2 Å². The molecule has 0 aliphatic carbocycles. The lowest BCUT2D eigenvalue weighted by Crippen LogP contribution is -2.04. The maximum absolute atomic E-state index is 5.83. The van der Waals surface area contributed by atoms with E-state index in [-0.39, 0.29) is 0 Å². The molecule has 0 spiro atoms. The Morgan fingerprint density at radius 1 is 1.00 bits per heavy atom. The molecule has 0 aromatic heterocycles. The molecule has 20 heavy (non-hydrogen) atoms. The second kappa shape index (κ2) is 5.87. The summed E-state index contributed by atoms with van der Waals surface area (Å²) in [5.74, 6) is 1.73. The van der Waals surface area contributed by atoms with E-state index < -0.39 is 0 Å². The lowest BCUT2D eigenvalue weighted by atomic mass is 10.1.